The highest BCUT2D eigenvalue weighted by atomic mass is 16.6. The molecule has 1 rings (SSSR count). The molecule has 0 amide bonds. The summed E-state index contributed by atoms with van der Waals surface area (Å²) in [5, 5.41) is 9.28. The molecule has 24 heavy (non-hydrogen) atoms. The van der Waals surface area contributed by atoms with Gasteiger partial charge in [-0.1, -0.05) is 35.5 Å². The van der Waals surface area contributed by atoms with Crippen molar-refractivity contribution < 1.29 is 14.3 Å². The van der Waals surface area contributed by atoms with Crippen molar-refractivity contribution in [3.05, 3.63) is 62.6 Å². The van der Waals surface area contributed by atoms with Gasteiger partial charge in [0.2, 0.25) is 0 Å². The van der Waals surface area contributed by atoms with Gasteiger partial charge >= 0.3 is 0 Å². The van der Waals surface area contributed by atoms with E-state index in [0.717, 1.165) is 12.0 Å². The van der Waals surface area contributed by atoms with Gasteiger partial charge in [-0.2, -0.15) is 0 Å². The molecular formula is C20H28O4. The van der Waals surface area contributed by atoms with Crippen LogP contribution >= 0.6 is 0 Å². The van der Waals surface area contributed by atoms with Crippen LogP contribution in [0.5, 0.6) is 5.95 Å². The second-order valence-corrected chi connectivity index (χ2v) is 6.11. The highest BCUT2D eigenvalue weighted by molar-refractivity contribution is 5.30. The largest absolute Gasteiger partial charge is 0.468 e. The van der Waals surface area contributed by atoms with Crippen molar-refractivity contribution in [2.24, 2.45) is 0 Å². The van der Waals surface area contributed by atoms with Gasteiger partial charge in [0.25, 0.3) is 5.95 Å². The molecule has 0 saturated carbocycles. The summed E-state index contributed by atoms with van der Waals surface area (Å²) >= 11 is 0. The number of ether oxygens (including phenoxy) is 1. The summed E-state index contributed by atoms with van der Waals surface area (Å²) in [6.45, 7) is 9.21. The molecule has 1 aromatic rings. The standard InChI is InChI=1S/C20H28O4/c1-13(8-7-9-14(2)12-15(3)21)10-11-18-16(4)19(22)17(5)20(23-6)24-18/h7,9-10,12,15,21H,8,11H2,1-6H3. The van der Waals surface area contributed by atoms with Crippen molar-refractivity contribution in [2.75, 3.05) is 7.11 Å². The fourth-order valence-electron chi connectivity index (χ4n) is 2.37. The lowest BCUT2D eigenvalue weighted by molar-refractivity contribution is 0.243. The third kappa shape index (κ3) is 5.85. The summed E-state index contributed by atoms with van der Waals surface area (Å²) in [4.78, 5) is 12.2. The lowest BCUT2D eigenvalue weighted by Crippen LogP contribution is -2.13. The van der Waals surface area contributed by atoms with Gasteiger partial charge in [-0.15, -0.1) is 0 Å². The van der Waals surface area contributed by atoms with Crippen LogP contribution in [0.15, 0.2) is 44.7 Å². The highest BCUT2D eigenvalue weighted by Gasteiger charge is 2.13. The number of hydrogen-bond donors (Lipinski definition) is 1. The van der Waals surface area contributed by atoms with Gasteiger partial charge in [-0.3, -0.25) is 4.79 Å². The molecular weight excluding hydrogens is 304 g/mol. The van der Waals surface area contributed by atoms with E-state index in [1.165, 1.54) is 12.7 Å². The summed E-state index contributed by atoms with van der Waals surface area (Å²) in [5.41, 5.74) is 3.31. The Hall–Kier alpha value is -2.07. The van der Waals surface area contributed by atoms with Crippen molar-refractivity contribution in [1.29, 1.82) is 0 Å². The minimum Gasteiger partial charge on any atom is -0.468 e. The van der Waals surface area contributed by atoms with Crippen LogP contribution in [-0.4, -0.2) is 18.3 Å². The van der Waals surface area contributed by atoms with E-state index >= 15 is 0 Å². The Morgan fingerprint density at radius 2 is 1.96 bits per heavy atom. The third-order valence-electron chi connectivity index (χ3n) is 3.77. The van der Waals surface area contributed by atoms with Crippen molar-refractivity contribution >= 4 is 0 Å². The van der Waals surface area contributed by atoms with E-state index in [9.17, 15) is 9.90 Å². The van der Waals surface area contributed by atoms with Gasteiger partial charge in [0.1, 0.15) is 5.76 Å². The fourth-order valence-corrected chi connectivity index (χ4v) is 2.37. The molecule has 0 fully saturated rings. The molecule has 0 aromatic carbocycles. The lowest BCUT2D eigenvalue weighted by atomic mass is 10.1. The van der Waals surface area contributed by atoms with Crippen LogP contribution in [0.3, 0.4) is 0 Å². The van der Waals surface area contributed by atoms with Crippen molar-refractivity contribution in [3.8, 4) is 5.95 Å². The molecule has 0 bridgehead atoms. The maximum Gasteiger partial charge on any atom is 0.291 e. The van der Waals surface area contributed by atoms with Gasteiger partial charge in [0, 0.05) is 12.0 Å². The first-order valence-electron chi connectivity index (χ1n) is 8.12. The van der Waals surface area contributed by atoms with Crippen LogP contribution in [0.25, 0.3) is 0 Å². The average molecular weight is 332 g/mol. The molecule has 1 unspecified atom stereocenters. The van der Waals surface area contributed by atoms with Crippen LogP contribution in [0.1, 0.15) is 44.1 Å². The first kappa shape index (κ1) is 20.0. The molecule has 0 saturated heterocycles. The minimum atomic E-state index is -0.436. The molecule has 4 nitrogen and oxygen atoms in total. The number of methoxy groups -OCH3 is 1. The molecule has 1 aromatic heterocycles. The number of aliphatic hydroxyl groups excluding tert-OH is 1. The molecule has 4 heteroatoms. The topological polar surface area (TPSA) is 59.7 Å². The first-order valence-corrected chi connectivity index (χ1v) is 8.12. The predicted octanol–water partition coefficient (Wildman–Crippen LogP) is 4.03. The zero-order valence-corrected chi connectivity index (χ0v) is 15.5. The third-order valence-corrected chi connectivity index (χ3v) is 3.77. The molecule has 0 radical (unpaired) electrons. The number of allylic oxidation sites excluding steroid dienone is 5. The smallest absolute Gasteiger partial charge is 0.291 e. The normalized spacial score (nSPS) is 14.3. The Labute approximate surface area is 144 Å². The maximum absolute atomic E-state index is 12.2. The summed E-state index contributed by atoms with van der Waals surface area (Å²) in [7, 11) is 1.50. The molecule has 1 heterocycles. The Morgan fingerprint density at radius 1 is 1.29 bits per heavy atom. The van der Waals surface area contributed by atoms with Gasteiger partial charge in [0.05, 0.1) is 18.8 Å². The van der Waals surface area contributed by atoms with Crippen molar-refractivity contribution in [3.63, 3.8) is 0 Å². The fraction of sp³-hybridized carbons (Fsp3) is 0.450. The molecule has 1 N–H and O–H groups in total. The zero-order chi connectivity index (χ0) is 18.3. The van der Waals surface area contributed by atoms with Crippen LogP contribution in [0.2, 0.25) is 0 Å². The van der Waals surface area contributed by atoms with E-state index in [2.05, 4.69) is 12.2 Å². The predicted molar refractivity (Wildman–Crippen MR) is 97.7 cm³/mol. The van der Waals surface area contributed by atoms with Gasteiger partial charge in [-0.05, 0) is 41.0 Å². The Balaban J connectivity index is 2.81. The minimum absolute atomic E-state index is 0.0297. The number of aliphatic hydroxyl groups is 1. The van der Waals surface area contributed by atoms with E-state index in [4.69, 9.17) is 9.15 Å². The average Bonchev–Trinajstić information content (AvgIpc) is 2.51. The molecule has 0 spiro atoms. The summed E-state index contributed by atoms with van der Waals surface area (Å²) in [6, 6.07) is 0. The number of rotatable bonds is 7. The van der Waals surface area contributed by atoms with Crippen LogP contribution in [0.4, 0.5) is 0 Å². The lowest BCUT2D eigenvalue weighted by Gasteiger charge is -2.08. The monoisotopic (exact) mass is 332 g/mol. The van der Waals surface area contributed by atoms with Crippen molar-refractivity contribution in [1.82, 2.24) is 0 Å². The van der Waals surface area contributed by atoms with E-state index in [1.54, 1.807) is 26.8 Å². The van der Waals surface area contributed by atoms with Crippen LogP contribution in [-0.2, 0) is 6.42 Å². The molecule has 1 atom stereocenters. The molecule has 0 aliphatic carbocycles. The molecule has 132 valence electrons. The SMILES string of the molecule is COc1oc(CC=C(C)CC=CC(C)=CC(C)O)c(C)c(=O)c1C. The van der Waals surface area contributed by atoms with Gasteiger partial charge in [0.15, 0.2) is 5.43 Å². The van der Waals surface area contributed by atoms with Gasteiger partial charge in [-0.25, -0.2) is 0 Å². The maximum atomic E-state index is 12.2. The van der Waals surface area contributed by atoms with Gasteiger partial charge < -0.3 is 14.3 Å². The molecule has 0 aliphatic heterocycles. The first-order chi connectivity index (χ1) is 11.3. The zero-order valence-electron chi connectivity index (χ0n) is 15.5. The highest BCUT2D eigenvalue weighted by Crippen LogP contribution is 2.19. The Morgan fingerprint density at radius 3 is 2.54 bits per heavy atom. The van der Waals surface area contributed by atoms with E-state index in [-0.39, 0.29) is 11.4 Å². The van der Waals surface area contributed by atoms with E-state index in [0.29, 0.717) is 23.3 Å². The summed E-state index contributed by atoms with van der Waals surface area (Å²) < 4.78 is 10.8. The van der Waals surface area contributed by atoms with E-state index in [1.807, 2.05) is 19.9 Å². The summed E-state index contributed by atoms with van der Waals surface area (Å²) in [5.74, 6) is 0.918. The second kappa shape index (κ2) is 9.28. The second-order valence-electron chi connectivity index (χ2n) is 6.11. The Kier molecular flexibility index (Phi) is 7.72. The Bertz CT molecular complexity index is 703. The summed E-state index contributed by atoms with van der Waals surface area (Å²) in [6.07, 6.45) is 8.82. The van der Waals surface area contributed by atoms with E-state index < -0.39 is 6.10 Å². The molecule has 0 aliphatic rings. The van der Waals surface area contributed by atoms with Crippen LogP contribution in [0, 0.1) is 13.8 Å². The van der Waals surface area contributed by atoms with Crippen LogP contribution < -0.4 is 10.2 Å². The number of hydrogen-bond acceptors (Lipinski definition) is 4. The quantitative estimate of drug-likeness (QED) is 0.605. The van der Waals surface area contributed by atoms with Crippen molar-refractivity contribution in [2.45, 2.75) is 53.6 Å².